The molecule has 0 saturated carbocycles. The average Bonchev–Trinajstić information content (AvgIpc) is 3.04. The fourth-order valence-corrected chi connectivity index (χ4v) is 3.19. The molecule has 27 heavy (non-hydrogen) atoms. The van der Waals surface area contributed by atoms with E-state index in [9.17, 15) is 4.79 Å². The predicted molar refractivity (Wildman–Crippen MR) is 109 cm³/mol. The van der Waals surface area contributed by atoms with Crippen LogP contribution in [0.2, 0.25) is 0 Å². The van der Waals surface area contributed by atoms with Crippen molar-refractivity contribution >= 4 is 11.9 Å². The number of rotatable bonds is 7. The highest BCUT2D eigenvalue weighted by atomic mass is 16.5. The van der Waals surface area contributed by atoms with Crippen molar-refractivity contribution in [1.29, 1.82) is 0 Å². The number of methoxy groups -OCH3 is 1. The maximum absolute atomic E-state index is 12.1. The Morgan fingerprint density at radius 2 is 1.89 bits per heavy atom. The summed E-state index contributed by atoms with van der Waals surface area (Å²) < 4.78 is 5.10. The Bertz CT molecular complexity index is 630. The van der Waals surface area contributed by atoms with Crippen LogP contribution in [-0.2, 0) is 0 Å². The van der Waals surface area contributed by atoms with Crippen LogP contribution in [0.15, 0.2) is 29.3 Å². The Morgan fingerprint density at radius 3 is 2.44 bits per heavy atom. The first-order valence-corrected chi connectivity index (χ1v) is 9.58. The van der Waals surface area contributed by atoms with Crippen molar-refractivity contribution in [3.05, 3.63) is 29.8 Å². The lowest BCUT2D eigenvalue weighted by molar-refractivity contribution is 0.0954. The van der Waals surface area contributed by atoms with E-state index in [1.165, 1.54) is 0 Å². The van der Waals surface area contributed by atoms with Crippen LogP contribution in [-0.4, -0.2) is 69.2 Å². The van der Waals surface area contributed by atoms with Gasteiger partial charge in [0.25, 0.3) is 5.91 Å². The van der Waals surface area contributed by atoms with Gasteiger partial charge < -0.3 is 20.7 Å². The zero-order valence-corrected chi connectivity index (χ0v) is 17.1. The minimum absolute atomic E-state index is 0.0978. The molecule has 2 rings (SSSR count). The second-order valence-corrected chi connectivity index (χ2v) is 7.26. The Labute approximate surface area is 162 Å². The molecule has 7 nitrogen and oxygen atoms in total. The van der Waals surface area contributed by atoms with Crippen LogP contribution in [0.3, 0.4) is 0 Å². The highest BCUT2D eigenvalue weighted by molar-refractivity contribution is 5.94. The van der Waals surface area contributed by atoms with Crippen LogP contribution >= 0.6 is 0 Å². The van der Waals surface area contributed by atoms with Gasteiger partial charge in [-0.2, -0.15) is 0 Å². The fourth-order valence-electron chi connectivity index (χ4n) is 3.19. The van der Waals surface area contributed by atoms with Gasteiger partial charge >= 0.3 is 0 Å². The lowest BCUT2D eigenvalue weighted by Crippen LogP contribution is -2.48. The summed E-state index contributed by atoms with van der Waals surface area (Å²) in [5, 5.41) is 9.68. The van der Waals surface area contributed by atoms with Crippen LogP contribution in [0.5, 0.6) is 5.75 Å². The molecule has 2 unspecified atom stereocenters. The number of guanidine groups is 1. The topological polar surface area (TPSA) is 78.0 Å². The molecule has 1 amide bonds. The number of amides is 1. The van der Waals surface area contributed by atoms with E-state index in [2.05, 4.69) is 46.6 Å². The molecule has 0 bridgehead atoms. The first kappa shape index (κ1) is 21.0. The molecule has 0 spiro atoms. The molecule has 1 aromatic rings. The number of benzene rings is 1. The summed E-state index contributed by atoms with van der Waals surface area (Å²) in [5.74, 6) is 1.98. The van der Waals surface area contributed by atoms with Crippen molar-refractivity contribution in [2.24, 2.45) is 10.9 Å². The van der Waals surface area contributed by atoms with Gasteiger partial charge in [0.2, 0.25) is 0 Å². The van der Waals surface area contributed by atoms with Crippen LogP contribution < -0.4 is 20.7 Å². The summed E-state index contributed by atoms with van der Waals surface area (Å²) in [4.78, 5) is 18.9. The highest BCUT2D eigenvalue weighted by Crippen LogP contribution is 2.18. The summed E-state index contributed by atoms with van der Waals surface area (Å²) >= 11 is 0. The molecular formula is C20H33N5O2. The smallest absolute Gasteiger partial charge is 0.251 e. The number of nitrogens with one attached hydrogen (secondary N) is 3. The monoisotopic (exact) mass is 375 g/mol. The number of aliphatic imine (C=N–C) groups is 1. The van der Waals surface area contributed by atoms with E-state index in [-0.39, 0.29) is 5.91 Å². The van der Waals surface area contributed by atoms with Crippen molar-refractivity contribution < 1.29 is 9.53 Å². The molecule has 1 aliphatic rings. The van der Waals surface area contributed by atoms with Gasteiger partial charge in [-0.05, 0) is 44.0 Å². The Morgan fingerprint density at radius 1 is 1.22 bits per heavy atom. The number of carbonyl (C=O) groups excluding carboxylic acids is 1. The molecule has 1 heterocycles. The largest absolute Gasteiger partial charge is 0.497 e. The first-order chi connectivity index (χ1) is 12.9. The summed E-state index contributed by atoms with van der Waals surface area (Å²) in [5.41, 5.74) is 0.617. The SMILES string of the molecule is CN=C(NCCNC(=O)c1ccc(OC)cc1)NC1CN(C(C)C)CC1C. The van der Waals surface area contributed by atoms with Gasteiger partial charge in [-0.1, -0.05) is 6.92 Å². The zero-order chi connectivity index (χ0) is 19.8. The molecule has 1 saturated heterocycles. The van der Waals surface area contributed by atoms with E-state index >= 15 is 0 Å². The molecular weight excluding hydrogens is 342 g/mol. The van der Waals surface area contributed by atoms with Crippen LogP contribution in [0.25, 0.3) is 0 Å². The van der Waals surface area contributed by atoms with E-state index in [0.29, 0.717) is 36.7 Å². The maximum atomic E-state index is 12.1. The van der Waals surface area contributed by atoms with Crippen LogP contribution in [0, 0.1) is 5.92 Å². The van der Waals surface area contributed by atoms with Gasteiger partial charge in [0, 0.05) is 50.9 Å². The molecule has 3 N–H and O–H groups in total. The summed E-state index contributed by atoms with van der Waals surface area (Å²) in [6, 6.07) is 8.01. The number of ether oxygens (including phenoxy) is 1. The Kier molecular flexibility index (Phi) is 7.91. The van der Waals surface area contributed by atoms with Crippen molar-refractivity contribution in [3.63, 3.8) is 0 Å². The van der Waals surface area contributed by atoms with Crippen molar-refractivity contribution in [3.8, 4) is 5.75 Å². The molecule has 1 aromatic carbocycles. The first-order valence-electron chi connectivity index (χ1n) is 9.58. The number of carbonyl (C=O) groups is 1. The molecule has 150 valence electrons. The van der Waals surface area contributed by atoms with Crippen LogP contribution in [0.1, 0.15) is 31.1 Å². The summed E-state index contributed by atoms with van der Waals surface area (Å²) in [7, 11) is 3.37. The minimum atomic E-state index is -0.0978. The molecule has 0 aliphatic carbocycles. The van der Waals surface area contributed by atoms with Crippen molar-refractivity contribution in [1.82, 2.24) is 20.9 Å². The lowest BCUT2D eigenvalue weighted by Gasteiger charge is -2.22. The number of hydrogen-bond acceptors (Lipinski definition) is 4. The third-order valence-corrected chi connectivity index (χ3v) is 4.97. The Hall–Kier alpha value is -2.28. The standard InChI is InChI=1S/C20H33N5O2/c1-14(2)25-12-15(3)18(13-25)24-20(21-4)23-11-10-22-19(26)16-6-8-17(27-5)9-7-16/h6-9,14-15,18H,10-13H2,1-5H3,(H,22,26)(H2,21,23,24). The van der Waals surface area contributed by atoms with E-state index in [0.717, 1.165) is 24.8 Å². The Balaban J connectivity index is 1.72. The van der Waals surface area contributed by atoms with Gasteiger partial charge in [-0.15, -0.1) is 0 Å². The third-order valence-electron chi connectivity index (χ3n) is 4.97. The average molecular weight is 376 g/mol. The van der Waals surface area contributed by atoms with Gasteiger partial charge in [-0.25, -0.2) is 0 Å². The second-order valence-electron chi connectivity index (χ2n) is 7.26. The molecule has 2 atom stereocenters. The predicted octanol–water partition coefficient (Wildman–Crippen LogP) is 1.32. The zero-order valence-electron chi connectivity index (χ0n) is 17.1. The van der Waals surface area contributed by atoms with Crippen LogP contribution in [0.4, 0.5) is 0 Å². The minimum Gasteiger partial charge on any atom is -0.497 e. The number of hydrogen-bond donors (Lipinski definition) is 3. The van der Waals surface area contributed by atoms with Gasteiger partial charge in [0.05, 0.1) is 7.11 Å². The molecule has 0 radical (unpaired) electrons. The van der Waals surface area contributed by atoms with E-state index in [1.54, 1.807) is 38.4 Å². The summed E-state index contributed by atoms with van der Waals surface area (Å²) in [6.45, 7) is 9.97. The molecule has 7 heteroatoms. The van der Waals surface area contributed by atoms with Crippen molar-refractivity contribution in [2.75, 3.05) is 40.3 Å². The van der Waals surface area contributed by atoms with Gasteiger partial charge in [0.1, 0.15) is 5.75 Å². The maximum Gasteiger partial charge on any atom is 0.251 e. The number of likely N-dealkylation sites (tertiary alicyclic amines) is 1. The van der Waals surface area contributed by atoms with Crippen molar-refractivity contribution in [2.45, 2.75) is 32.9 Å². The van der Waals surface area contributed by atoms with E-state index in [4.69, 9.17) is 4.74 Å². The third kappa shape index (κ3) is 6.13. The van der Waals surface area contributed by atoms with E-state index < -0.39 is 0 Å². The fraction of sp³-hybridized carbons (Fsp3) is 0.600. The van der Waals surface area contributed by atoms with Gasteiger partial charge in [-0.3, -0.25) is 14.7 Å². The van der Waals surface area contributed by atoms with E-state index in [1.807, 2.05) is 0 Å². The quantitative estimate of drug-likeness (QED) is 0.381. The summed E-state index contributed by atoms with van der Waals surface area (Å²) in [6.07, 6.45) is 0. The lowest BCUT2D eigenvalue weighted by atomic mass is 10.1. The number of nitrogens with zero attached hydrogens (tertiary/aromatic N) is 2. The molecule has 1 aliphatic heterocycles. The normalized spacial score (nSPS) is 20.6. The highest BCUT2D eigenvalue weighted by Gasteiger charge is 2.31. The second kappa shape index (κ2) is 10.2. The molecule has 1 fully saturated rings. The van der Waals surface area contributed by atoms with Gasteiger partial charge in [0.15, 0.2) is 5.96 Å². The molecule has 0 aromatic heterocycles.